The molecule has 2 nitrogen and oxygen atoms in total. The molecule has 0 spiro atoms. The highest BCUT2D eigenvalue weighted by Crippen LogP contribution is 2.26. The molecular formula is C19H26N2. The van der Waals surface area contributed by atoms with Gasteiger partial charge >= 0.3 is 0 Å². The monoisotopic (exact) mass is 282 g/mol. The van der Waals surface area contributed by atoms with Crippen LogP contribution in [0.5, 0.6) is 0 Å². The Morgan fingerprint density at radius 3 is 1.43 bits per heavy atom. The quantitative estimate of drug-likeness (QED) is 0.774. The molecule has 2 aromatic rings. The van der Waals surface area contributed by atoms with E-state index >= 15 is 0 Å². The normalized spacial score (nSPS) is 10.8. The Kier molecular flexibility index (Phi) is 5.26. The minimum atomic E-state index is 0.812. The predicted molar refractivity (Wildman–Crippen MR) is 92.5 cm³/mol. The number of nitrogen functional groups attached to an aromatic ring is 2. The third-order valence-electron chi connectivity index (χ3n) is 3.99. The highest BCUT2D eigenvalue weighted by atomic mass is 14.6. The van der Waals surface area contributed by atoms with E-state index in [2.05, 4.69) is 50.2 Å². The first kappa shape index (κ1) is 15.4. The van der Waals surface area contributed by atoms with Crippen LogP contribution in [0.4, 0.5) is 11.4 Å². The molecule has 0 aliphatic heterocycles. The number of aryl methyl sites for hydroxylation is 2. The zero-order valence-corrected chi connectivity index (χ0v) is 13.2. The van der Waals surface area contributed by atoms with E-state index in [1.165, 1.54) is 22.3 Å². The lowest BCUT2D eigenvalue weighted by atomic mass is 9.95. The highest BCUT2D eigenvalue weighted by Gasteiger charge is 2.09. The molecule has 0 fully saturated rings. The first-order valence-corrected chi connectivity index (χ1v) is 7.89. The van der Waals surface area contributed by atoms with Crippen molar-refractivity contribution in [3.8, 4) is 0 Å². The summed E-state index contributed by atoms with van der Waals surface area (Å²) in [6.45, 7) is 4.36. The van der Waals surface area contributed by atoms with Crippen LogP contribution < -0.4 is 11.5 Å². The molecule has 0 aromatic heterocycles. The lowest BCUT2D eigenvalue weighted by molar-refractivity contribution is 0.918. The van der Waals surface area contributed by atoms with Gasteiger partial charge in [0.05, 0.1) is 0 Å². The van der Waals surface area contributed by atoms with Gasteiger partial charge in [0.2, 0.25) is 0 Å². The van der Waals surface area contributed by atoms with Crippen molar-refractivity contribution < 1.29 is 0 Å². The van der Waals surface area contributed by atoms with Crippen LogP contribution >= 0.6 is 0 Å². The Hall–Kier alpha value is -1.96. The average molecular weight is 282 g/mol. The number of para-hydroxylation sites is 2. The number of nitrogens with two attached hydrogens (primary N) is 2. The molecule has 0 aliphatic carbocycles. The fourth-order valence-corrected chi connectivity index (χ4v) is 2.82. The number of anilines is 2. The predicted octanol–water partition coefficient (Wildman–Crippen LogP) is 4.35. The molecule has 0 unspecified atom stereocenters. The number of hydrogen-bond acceptors (Lipinski definition) is 2. The summed E-state index contributed by atoms with van der Waals surface area (Å²) in [7, 11) is 0. The van der Waals surface area contributed by atoms with E-state index in [0.29, 0.717) is 0 Å². The largest absolute Gasteiger partial charge is 0.398 e. The lowest BCUT2D eigenvalue weighted by Gasteiger charge is -2.14. The van der Waals surface area contributed by atoms with Gasteiger partial charge in [-0.1, -0.05) is 63.1 Å². The topological polar surface area (TPSA) is 52.0 Å². The summed E-state index contributed by atoms with van der Waals surface area (Å²) in [6.07, 6.45) is 5.10. The van der Waals surface area contributed by atoms with Crippen molar-refractivity contribution in [1.82, 2.24) is 0 Å². The first-order chi connectivity index (χ1) is 10.2. The van der Waals surface area contributed by atoms with Gasteiger partial charge in [0.15, 0.2) is 0 Å². The van der Waals surface area contributed by atoms with Crippen molar-refractivity contribution >= 4 is 11.4 Å². The maximum Gasteiger partial charge on any atom is 0.0382 e. The lowest BCUT2D eigenvalue weighted by Crippen LogP contribution is -2.04. The second-order valence-corrected chi connectivity index (χ2v) is 5.66. The molecule has 0 radical (unpaired) electrons. The second-order valence-electron chi connectivity index (χ2n) is 5.66. The van der Waals surface area contributed by atoms with Gasteiger partial charge in [-0.3, -0.25) is 0 Å². The van der Waals surface area contributed by atoms with Crippen LogP contribution in [0, 0.1) is 0 Å². The van der Waals surface area contributed by atoms with Crippen LogP contribution in [0.3, 0.4) is 0 Å². The maximum absolute atomic E-state index is 6.32. The Morgan fingerprint density at radius 2 is 1.05 bits per heavy atom. The van der Waals surface area contributed by atoms with Gasteiger partial charge in [-0.25, -0.2) is 0 Å². The van der Waals surface area contributed by atoms with Gasteiger partial charge < -0.3 is 11.5 Å². The van der Waals surface area contributed by atoms with Crippen molar-refractivity contribution in [3.05, 3.63) is 58.7 Å². The van der Waals surface area contributed by atoms with Gasteiger partial charge in [-0.15, -0.1) is 0 Å². The summed E-state index contributed by atoms with van der Waals surface area (Å²) in [5.74, 6) is 0. The van der Waals surface area contributed by atoms with E-state index in [0.717, 1.165) is 43.5 Å². The molecule has 21 heavy (non-hydrogen) atoms. The van der Waals surface area contributed by atoms with Crippen molar-refractivity contribution in [1.29, 1.82) is 0 Å². The molecular weight excluding hydrogens is 256 g/mol. The fourth-order valence-electron chi connectivity index (χ4n) is 2.82. The summed E-state index contributed by atoms with van der Waals surface area (Å²) in [6, 6.07) is 12.7. The molecule has 0 amide bonds. The minimum Gasteiger partial charge on any atom is -0.398 e. The Morgan fingerprint density at radius 1 is 0.667 bits per heavy atom. The molecule has 2 aromatic carbocycles. The Bertz CT molecular complexity index is 549. The van der Waals surface area contributed by atoms with Crippen molar-refractivity contribution in [2.45, 2.75) is 46.0 Å². The van der Waals surface area contributed by atoms with E-state index in [-0.39, 0.29) is 0 Å². The van der Waals surface area contributed by atoms with Crippen LogP contribution in [0.15, 0.2) is 36.4 Å². The van der Waals surface area contributed by atoms with Crippen LogP contribution in [0.25, 0.3) is 0 Å². The minimum absolute atomic E-state index is 0.812. The Balaban J connectivity index is 2.30. The Labute approximate surface area is 128 Å². The van der Waals surface area contributed by atoms with E-state index < -0.39 is 0 Å². The number of hydrogen-bond donors (Lipinski definition) is 2. The number of benzene rings is 2. The van der Waals surface area contributed by atoms with Crippen LogP contribution in [0.2, 0.25) is 0 Å². The standard InChI is InChI=1S/C19H26N2/c1-3-7-14-9-5-11-16(18(14)20)13-17-12-6-10-15(8-4-2)19(17)21/h5-6,9-12H,3-4,7-8,13,20-21H2,1-2H3. The van der Waals surface area contributed by atoms with Gasteiger partial charge in [-0.2, -0.15) is 0 Å². The molecule has 2 rings (SSSR count). The van der Waals surface area contributed by atoms with E-state index in [4.69, 9.17) is 11.5 Å². The molecule has 0 saturated carbocycles. The van der Waals surface area contributed by atoms with Gasteiger partial charge in [0, 0.05) is 17.8 Å². The molecule has 0 bridgehead atoms. The zero-order valence-electron chi connectivity index (χ0n) is 13.2. The van der Waals surface area contributed by atoms with E-state index in [9.17, 15) is 0 Å². The number of rotatable bonds is 6. The summed E-state index contributed by atoms with van der Waals surface area (Å²) < 4.78 is 0. The summed E-state index contributed by atoms with van der Waals surface area (Å²) in [5.41, 5.74) is 19.4. The van der Waals surface area contributed by atoms with Crippen LogP contribution in [-0.4, -0.2) is 0 Å². The van der Waals surface area contributed by atoms with Gasteiger partial charge in [0.25, 0.3) is 0 Å². The summed E-state index contributed by atoms with van der Waals surface area (Å²) in [4.78, 5) is 0. The smallest absolute Gasteiger partial charge is 0.0382 e. The molecule has 4 N–H and O–H groups in total. The molecule has 0 heterocycles. The van der Waals surface area contributed by atoms with Gasteiger partial charge in [0.1, 0.15) is 0 Å². The molecule has 2 heteroatoms. The molecule has 112 valence electrons. The average Bonchev–Trinajstić information content (AvgIpc) is 2.48. The van der Waals surface area contributed by atoms with Gasteiger partial charge in [-0.05, 0) is 35.1 Å². The first-order valence-electron chi connectivity index (χ1n) is 7.89. The van der Waals surface area contributed by atoms with Crippen molar-refractivity contribution in [2.75, 3.05) is 11.5 Å². The third-order valence-corrected chi connectivity index (χ3v) is 3.99. The second kappa shape index (κ2) is 7.16. The molecule has 0 aliphatic rings. The summed E-state index contributed by atoms with van der Waals surface area (Å²) >= 11 is 0. The van der Waals surface area contributed by atoms with Crippen LogP contribution in [-0.2, 0) is 19.3 Å². The van der Waals surface area contributed by atoms with E-state index in [1.54, 1.807) is 0 Å². The maximum atomic E-state index is 6.32. The van der Waals surface area contributed by atoms with E-state index in [1.807, 2.05) is 0 Å². The summed E-state index contributed by atoms with van der Waals surface area (Å²) in [5, 5.41) is 0. The zero-order chi connectivity index (χ0) is 15.2. The van der Waals surface area contributed by atoms with Crippen molar-refractivity contribution in [2.24, 2.45) is 0 Å². The van der Waals surface area contributed by atoms with Crippen LogP contribution in [0.1, 0.15) is 48.9 Å². The fraction of sp³-hybridized carbons (Fsp3) is 0.368. The van der Waals surface area contributed by atoms with Crippen molar-refractivity contribution in [3.63, 3.8) is 0 Å². The third kappa shape index (κ3) is 3.57. The molecule has 0 atom stereocenters. The molecule has 0 saturated heterocycles. The highest BCUT2D eigenvalue weighted by molar-refractivity contribution is 5.60. The SMILES string of the molecule is CCCc1cccc(Cc2cccc(CCC)c2N)c1N.